The topological polar surface area (TPSA) is 67.2 Å². The smallest absolute Gasteiger partial charge is 0.320 e. The number of aromatic nitrogens is 2. The third-order valence-corrected chi connectivity index (χ3v) is 3.55. The average molecular weight is 296 g/mol. The molecule has 1 heterocycles. The van der Waals surface area contributed by atoms with Crippen LogP contribution in [0.4, 0.5) is 0 Å². The van der Waals surface area contributed by atoms with Gasteiger partial charge in [-0.05, 0) is 24.6 Å². The molecular weight excluding hydrogens is 278 g/mol. The Bertz CT molecular complexity index is 624. The van der Waals surface area contributed by atoms with Crippen molar-refractivity contribution in [3.05, 3.63) is 29.0 Å². The molecule has 2 aromatic rings. The number of imidazole rings is 1. The van der Waals surface area contributed by atoms with Crippen molar-refractivity contribution in [3.63, 3.8) is 0 Å². The van der Waals surface area contributed by atoms with Crippen LogP contribution < -0.4 is 5.32 Å². The number of fused-ring (bicyclic) bond motifs is 1. The number of benzene rings is 1. The fraction of sp³-hybridized carbons (Fsp3) is 0.429. The molecule has 6 heteroatoms. The summed E-state index contributed by atoms with van der Waals surface area (Å²) >= 11 is 5.98. The van der Waals surface area contributed by atoms with Gasteiger partial charge in [0.05, 0.1) is 17.6 Å². The first-order valence-corrected chi connectivity index (χ1v) is 6.97. The number of nitrogens with zero attached hydrogens (tertiary/aromatic N) is 2. The van der Waals surface area contributed by atoms with Crippen molar-refractivity contribution in [1.82, 2.24) is 14.9 Å². The zero-order chi connectivity index (χ0) is 14.7. The molecule has 0 aliphatic carbocycles. The van der Waals surface area contributed by atoms with Crippen LogP contribution in [-0.2, 0) is 18.4 Å². The second-order valence-electron chi connectivity index (χ2n) is 4.78. The molecule has 1 unspecified atom stereocenters. The molecule has 0 radical (unpaired) electrons. The number of rotatable bonds is 6. The summed E-state index contributed by atoms with van der Waals surface area (Å²) in [5.74, 6) is -0.0294. The summed E-state index contributed by atoms with van der Waals surface area (Å²) in [7, 11) is 1.90. The summed E-state index contributed by atoms with van der Waals surface area (Å²) in [5.41, 5.74) is 1.80. The van der Waals surface area contributed by atoms with E-state index >= 15 is 0 Å². The molecule has 5 nitrogen and oxygen atoms in total. The number of nitrogens with one attached hydrogen (secondary N) is 1. The highest BCUT2D eigenvalue weighted by Gasteiger charge is 2.17. The van der Waals surface area contributed by atoms with E-state index in [1.807, 2.05) is 30.7 Å². The molecule has 2 rings (SSSR count). The summed E-state index contributed by atoms with van der Waals surface area (Å²) in [6.07, 6.45) is 1.42. The van der Waals surface area contributed by atoms with Gasteiger partial charge in [-0.1, -0.05) is 24.9 Å². The third-order valence-electron chi connectivity index (χ3n) is 3.32. The summed E-state index contributed by atoms with van der Waals surface area (Å²) in [6, 6.07) is 4.98. The van der Waals surface area contributed by atoms with Crippen LogP contribution >= 0.6 is 11.6 Å². The molecule has 0 saturated heterocycles. The summed E-state index contributed by atoms with van der Waals surface area (Å²) in [6.45, 7) is 2.38. The zero-order valence-corrected chi connectivity index (χ0v) is 12.3. The minimum Gasteiger partial charge on any atom is -0.480 e. The number of carboxylic acid groups (broad SMARTS) is 1. The zero-order valence-electron chi connectivity index (χ0n) is 11.6. The SMILES string of the molecule is CCCC(NCc1nc2ccc(Cl)cc2n1C)C(=O)O. The monoisotopic (exact) mass is 295 g/mol. The van der Waals surface area contributed by atoms with Crippen molar-refractivity contribution in [2.45, 2.75) is 32.4 Å². The third kappa shape index (κ3) is 3.11. The van der Waals surface area contributed by atoms with Crippen LogP contribution in [0.5, 0.6) is 0 Å². The molecule has 0 aliphatic heterocycles. The molecule has 0 fully saturated rings. The lowest BCUT2D eigenvalue weighted by atomic mass is 10.2. The number of aliphatic carboxylic acids is 1. The highest BCUT2D eigenvalue weighted by molar-refractivity contribution is 6.31. The largest absolute Gasteiger partial charge is 0.480 e. The van der Waals surface area contributed by atoms with Crippen LogP contribution in [0.1, 0.15) is 25.6 Å². The maximum atomic E-state index is 11.1. The van der Waals surface area contributed by atoms with Gasteiger partial charge in [0, 0.05) is 12.1 Å². The van der Waals surface area contributed by atoms with Gasteiger partial charge in [-0.3, -0.25) is 10.1 Å². The van der Waals surface area contributed by atoms with Crippen molar-refractivity contribution >= 4 is 28.6 Å². The molecule has 2 N–H and O–H groups in total. The van der Waals surface area contributed by atoms with Crippen LogP contribution in [0.25, 0.3) is 11.0 Å². The van der Waals surface area contributed by atoms with Crippen LogP contribution in [-0.4, -0.2) is 26.7 Å². The Balaban J connectivity index is 2.17. The number of hydrogen-bond donors (Lipinski definition) is 2. The molecule has 0 amide bonds. The van der Waals surface area contributed by atoms with E-state index in [-0.39, 0.29) is 0 Å². The summed E-state index contributed by atoms with van der Waals surface area (Å²) in [5, 5.41) is 12.8. The normalized spacial score (nSPS) is 12.8. The average Bonchev–Trinajstić information content (AvgIpc) is 2.71. The van der Waals surface area contributed by atoms with Gasteiger partial charge in [-0.2, -0.15) is 0 Å². The van der Waals surface area contributed by atoms with Gasteiger partial charge in [-0.15, -0.1) is 0 Å². The van der Waals surface area contributed by atoms with Crippen LogP contribution in [0.3, 0.4) is 0 Å². The molecular formula is C14H18ClN3O2. The fourth-order valence-electron chi connectivity index (χ4n) is 2.19. The molecule has 0 aliphatic rings. The Hall–Kier alpha value is -1.59. The molecule has 1 aromatic heterocycles. The maximum Gasteiger partial charge on any atom is 0.320 e. The van der Waals surface area contributed by atoms with Crippen molar-refractivity contribution in [2.75, 3.05) is 0 Å². The van der Waals surface area contributed by atoms with E-state index < -0.39 is 12.0 Å². The lowest BCUT2D eigenvalue weighted by molar-refractivity contribution is -0.139. The Kier molecular flexibility index (Phi) is 4.62. The van der Waals surface area contributed by atoms with E-state index in [0.29, 0.717) is 18.0 Å². The molecule has 0 bridgehead atoms. The lowest BCUT2D eigenvalue weighted by Gasteiger charge is -2.13. The number of aryl methyl sites for hydroxylation is 1. The standard InChI is InChI=1S/C14H18ClN3O2/c1-3-4-11(14(19)20)16-8-13-17-10-6-5-9(15)7-12(10)18(13)2/h5-7,11,16H,3-4,8H2,1-2H3,(H,19,20). The van der Waals surface area contributed by atoms with Crippen LogP contribution in [0, 0.1) is 0 Å². The number of hydrogen-bond acceptors (Lipinski definition) is 3. The molecule has 20 heavy (non-hydrogen) atoms. The van der Waals surface area contributed by atoms with Gasteiger partial charge in [-0.25, -0.2) is 4.98 Å². The molecule has 1 atom stereocenters. The number of carbonyl (C=O) groups is 1. The Labute approximate surface area is 122 Å². The van der Waals surface area contributed by atoms with Gasteiger partial charge in [0.1, 0.15) is 11.9 Å². The van der Waals surface area contributed by atoms with E-state index in [2.05, 4.69) is 10.3 Å². The molecule has 1 aromatic carbocycles. The van der Waals surface area contributed by atoms with E-state index in [9.17, 15) is 4.79 Å². The maximum absolute atomic E-state index is 11.1. The van der Waals surface area contributed by atoms with Gasteiger partial charge in [0.25, 0.3) is 0 Å². The first-order valence-electron chi connectivity index (χ1n) is 6.60. The van der Waals surface area contributed by atoms with E-state index in [1.54, 1.807) is 6.07 Å². The van der Waals surface area contributed by atoms with Crippen molar-refractivity contribution < 1.29 is 9.90 Å². The van der Waals surface area contributed by atoms with E-state index in [1.165, 1.54) is 0 Å². The van der Waals surface area contributed by atoms with Gasteiger partial charge >= 0.3 is 5.97 Å². The minimum absolute atomic E-state index is 0.416. The molecule has 108 valence electrons. The quantitative estimate of drug-likeness (QED) is 0.859. The Morgan fingerprint density at radius 2 is 2.30 bits per heavy atom. The Morgan fingerprint density at radius 3 is 2.95 bits per heavy atom. The second kappa shape index (κ2) is 6.24. The molecule has 0 spiro atoms. The van der Waals surface area contributed by atoms with Gasteiger partial charge in [0.2, 0.25) is 0 Å². The first-order chi connectivity index (χ1) is 9.52. The van der Waals surface area contributed by atoms with Crippen molar-refractivity contribution in [1.29, 1.82) is 0 Å². The van der Waals surface area contributed by atoms with E-state index in [0.717, 1.165) is 23.3 Å². The summed E-state index contributed by atoms with van der Waals surface area (Å²) in [4.78, 5) is 15.6. The highest BCUT2D eigenvalue weighted by atomic mass is 35.5. The Morgan fingerprint density at radius 1 is 1.55 bits per heavy atom. The predicted octanol–water partition coefficient (Wildman–Crippen LogP) is 2.57. The van der Waals surface area contributed by atoms with Gasteiger partial charge in [0.15, 0.2) is 0 Å². The molecule has 0 saturated carbocycles. The lowest BCUT2D eigenvalue weighted by Crippen LogP contribution is -2.36. The van der Waals surface area contributed by atoms with Gasteiger partial charge < -0.3 is 9.67 Å². The van der Waals surface area contributed by atoms with Crippen LogP contribution in [0.2, 0.25) is 5.02 Å². The highest BCUT2D eigenvalue weighted by Crippen LogP contribution is 2.19. The fourth-order valence-corrected chi connectivity index (χ4v) is 2.35. The predicted molar refractivity (Wildman–Crippen MR) is 78.9 cm³/mol. The van der Waals surface area contributed by atoms with Crippen molar-refractivity contribution in [2.24, 2.45) is 7.05 Å². The van der Waals surface area contributed by atoms with Crippen molar-refractivity contribution in [3.8, 4) is 0 Å². The van der Waals surface area contributed by atoms with Crippen LogP contribution in [0.15, 0.2) is 18.2 Å². The first kappa shape index (κ1) is 14.8. The second-order valence-corrected chi connectivity index (χ2v) is 5.22. The summed E-state index contributed by atoms with van der Waals surface area (Å²) < 4.78 is 1.93. The minimum atomic E-state index is -0.825. The number of carboxylic acids is 1. The number of halogens is 1. The van der Waals surface area contributed by atoms with E-state index in [4.69, 9.17) is 16.7 Å².